The molecular weight excluding hydrogens is 310 g/mol. The van der Waals surface area contributed by atoms with Crippen molar-refractivity contribution in [2.24, 2.45) is 0 Å². The van der Waals surface area contributed by atoms with Crippen molar-refractivity contribution < 1.29 is 14.7 Å². The molecule has 1 aromatic rings. The fraction of sp³-hybridized carbons (Fsp3) is 0.615. The van der Waals surface area contributed by atoms with E-state index in [1.165, 1.54) is 0 Å². The van der Waals surface area contributed by atoms with E-state index < -0.39 is 5.97 Å². The molecule has 8 heteroatoms. The maximum absolute atomic E-state index is 12.5. The topological polar surface area (TPSA) is 73.7 Å². The first-order chi connectivity index (χ1) is 9.97. The number of carboxylic acids is 1. The lowest BCUT2D eigenvalue weighted by Crippen LogP contribution is -2.51. The van der Waals surface area contributed by atoms with Crippen LogP contribution in [-0.4, -0.2) is 63.0 Å². The van der Waals surface area contributed by atoms with Gasteiger partial charge in [-0.3, -0.25) is 4.79 Å². The SMILES string of the molecule is Cc1nc(CN(C)C(=O)N2CCSCC2CC(=O)O)cs1. The van der Waals surface area contributed by atoms with E-state index >= 15 is 0 Å². The van der Waals surface area contributed by atoms with Gasteiger partial charge < -0.3 is 14.9 Å². The van der Waals surface area contributed by atoms with Crippen molar-refractivity contribution in [3.63, 3.8) is 0 Å². The fourth-order valence-electron chi connectivity index (χ4n) is 2.29. The van der Waals surface area contributed by atoms with E-state index in [0.29, 0.717) is 18.8 Å². The van der Waals surface area contributed by atoms with Crippen molar-refractivity contribution in [3.05, 3.63) is 16.1 Å². The molecule has 0 bridgehead atoms. The third-order valence-electron chi connectivity index (χ3n) is 3.28. The van der Waals surface area contributed by atoms with Gasteiger partial charge in [0.1, 0.15) is 0 Å². The summed E-state index contributed by atoms with van der Waals surface area (Å²) in [5, 5.41) is 11.9. The molecule has 1 atom stereocenters. The number of hydrogen-bond donors (Lipinski definition) is 1. The molecule has 1 aliphatic rings. The highest BCUT2D eigenvalue weighted by Gasteiger charge is 2.30. The van der Waals surface area contributed by atoms with E-state index in [1.54, 1.807) is 39.9 Å². The zero-order valence-corrected chi connectivity index (χ0v) is 13.7. The van der Waals surface area contributed by atoms with Crippen LogP contribution in [0.2, 0.25) is 0 Å². The lowest BCUT2D eigenvalue weighted by atomic mass is 10.2. The Bertz CT molecular complexity index is 521. The van der Waals surface area contributed by atoms with Gasteiger partial charge in [0.05, 0.1) is 29.7 Å². The van der Waals surface area contributed by atoms with E-state index in [1.807, 2.05) is 12.3 Å². The van der Waals surface area contributed by atoms with E-state index in [2.05, 4.69) is 4.98 Å². The van der Waals surface area contributed by atoms with Crippen LogP contribution in [0.25, 0.3) is 0 Å². The first kappa shape index (κ1) is 16.1. The Morgan fingerprint density at radius 1 is 1.57 bits per heavy atom. The lowest BCUT2D eigenvalue weighted by Gasteiger charge is -2.37. The molecule has 21 heavy (non-hydrogen) atoms. The third kappa shape index (κ3) is 4.34. The molecule has 0 spiro atoms. The molecule has 116 valence electrons. The van der Waals surface area contributed by atoms with Crippen LogP contribution in [-0.2, 0) is 11.3 Å². The number of urea groups is 1. The van der Waals surface area contributed by atoms with Crippen molar-refractivity contribution in [3.8, 4) is 0 Å². The Morgan fingerprint density at radius 2 is 2.33 bits per heavy atom. The van der Waals surface area contributed by atoms with Crippen LogP contribution in [0.4, 0.5) is 4.79 Å². The second-order valence-corrected chi connectivity index (χ2v) is 7.23. The number of carbonyl (C=O) groups is 2. The van der Waals surface area contributed by atoms with E-state index in [4.69, 9.17) is 5.11 Å². The summed E-state index contributed by atoms with van der Waals surface area (Å²) in [6.45, 7) is 2.98. The van der Waals surface area contributed by atoms with E-state index in [0.717, 1.165) is 16.5 Å². The number of amides is 2. The molecule has 0 aliphatic carbocycles. The van der Waals surface area contributed by atoms with Crippen LogP contribution >= 0.6 is 23.1 Å². The molecule has 1 fully saturated rings. The van der Waals surface area contributed by atoms with Crippen LogP contribution in [0.15, 0.2) is 5.38 Å². The molecule has 1 aliphatic heterocycles. The zero-order chi connectivity index (χ0) is 15.4. The summed E-state index contributed by atoms with van der Waals surface area (Å²) < 4.78 is 0. The molecule has 2 amide bonds. The standard InChI is InChI=1S/C13H19N3O3S2/c1-9-14-10(7-21-9)6-15(2)13(19)16-3-4-20-8-11(16)5-12(17)18/h7,11H,3-6,8H2,1-2H3,(H,17,18). The van der Waals surface area contributed by atoms with Gasteiger partial charge in [0.25, 0.3) is 0 Å². The summed E-state index contributed by atoms with van der Waals surface area (Å²) in [6.07, 6.45) is 0.00237. The minimum Gasteiger partial charge on any atom is -0.481 e. The van der Waals surface area contributed by atoms with Gasteiger partial charge in [0.2, 0.25) is 0 Å². The summed E-state index contributed by atoms with van der Waals surface area (Å²) in [6, 6.07) is -0.347. The highest BCUT2D eigenvalue weighted by atomic mass is 32.2. The number of rotatable bonds is 4. The molecule has 2 heterocycles. The number of carbonyl (C=O) groups excluding carboxylic acids is 1. The van der Waals surface area contributed by atoms with Crippen molar-refractivity contribution in [1.82, 2.24) is 14.8 Å². The van der Waals surface area contributed by atoms with Crippen molar-refractivity contribution in [2.75, 3.05) is 25.1 Å². The number of thioether (sulfide) groups is 1. The number of aryl methyl sites for hydroxylation is 1. The molecule has 0 aromatic carbocycles. The van der Waals surface area contributed by atoms with Crippen LogP contribution in [0.5, 0.6) is 0 Å². The summed E-state index contributed by atoms with van der Waals surface area (Å²) >= 11 is 3.26. The van der Waals surface area contributed by atoms with Crippen molar-refractivity contribution in [2.45, 2.75) is 25.9 Å². The van der Waals surface area contributed by atoms with Gasteiger partial charge in [-0.1, -0.05) is 0 Å². The highest BCUT2D eigenvalue weighted by Crippen LogP contribution is 2.21. The van der Waals surface area contributed by atoms with Crippen LogP contribution < -0.4 is 0 Å². The summed E-state index contributed by atoms with van der Waals surface area (Å²) in [4.78, 5) is 31.1. The molecule has 1 aromatic heterocycles. The molecular formula is C13H19N3O3S2. The van der Waals surface area contributed by atoms with Crippen molar-refractivity contribution >= 4 is 35.1 Å². The predicted octanol–water partition coefficient (Wildman–Crippen LogP) is 1.90. The Balaban J connectivity index is 2.00. The molecule has 6 nitrogen and oxygen atoms in total. The smallest absolute Gasteiger partial charge is 0.320 e. The van der Waals surface area contributed by atoms with Crippen molar-refractivity contribution in [1.29, 1.82) is 0 Å². The van der Waals surface area contributed by atoms with Crippen LogP contribution in [0.1, 0.15) is 17.1 Å². The Morgan fingerprint density at radius 3 is 2.95 bits per heavy atom. The van der Waals surface area contributed by atoms with E-state index in [9.17, 15) is 9.59 Å². The van der Waals surface area contributed by atoms with Gasteiger partial charge in [-0.2, -0.15) is 11.8 Å². The first-order valence-electron chi connectivity index (χ1n) is 6.69. The minimum absolute atomic E-state index is 0.00237. The number of thiazole rings is 1. The normalized spacial score (nSPS) is 18.6. The molecule has 0 radical (unpaired) electrons. The Kier molecular flexibility index (Phi) is 5.46. The number of carboxylic acid groups (broad SMARTS) is 1. The molecule has 1 N–H and O–H groups in total. The van der Waals surface area contributed by atoms with Gasteiger partial charge in [0, 0.05) is 30.5 Å². The molecule has 1 saturated heterocycles. The van der Waals surface area contributed by atoms with Crippen LogP contribution in [0, 0.1) is 6.92 Å². The number of aromatic nitrogens is 1. The quantitative estimate of drug-likeness (QED) is 0.913. The number of nitrogens with zero attached hydrogens (tertiary/aromatic N) is 3. The Hall–Kier alpha value is -1.28. The summed E-state index contributed by atoms with van der Waals surface area (Å²) in [5.41, 5.74) is 0.870. The lowest BCUT2D eigenvalue weighted by molar-refractivity contribution is -0.138. The van der Waals surface area contributed by atoms with Gasteiger partial charge in [-0.15, -0.1) is 11.3 Å². The number of hydrogen-bond acceptors (Lipinski definition) is 5. The molecule has 2 rings (SSSR count). The number of aliphatic carboxylic acids is 1. The fourth-order valence-corrected chi connectivity index (χ4v) is 3.95. The average Bonchev–Trinajstić information content (AvgIpc) is 2.83. The monoisotopic (exact) mass is 329 g/mol. The largest absolute Gasteiger partial charge is 0.481 e. The van der Waals surface area contributed by atoms with Gasteiger partial charge in [-0.05, 0) is 6.92 Å². The third-order valence-corrected chi connectivity index (χ3v) is 5.19. The first-order valence-corrected chi connectivity index (χ1v) is 8.73. The second kappa shape index (κ2) is 7.13. The maximum atomic E-state index is 12.5. The molecule has 0 saturated carbocycles. The highest BCUT2D eigenvalue weighted by molar-refractivity contribution is 7.99. The second-order valence-electron chi connectivity index (χ2n) is 5.02. The van der Waals surface area contributed by atoms with Gasteiger partial charge >= 0.3 is 12.0 Å². The molecule has 1 unspecified atom stereocenters. The summed E-state index contributed by atoms with van der Waals surface area (Å²) in [5.74, 6) is 0.672. The average molecular weight is 329 g/mol. The maximum Gasteiger partial charge on any atom is 0.320 e. The van der Waals surface area contributed by atoms with Gasteiger partial charge in [-0.25, -0.2) is 9.78 Å². The van der Waals surface area contributed by atoms with Gasteiger partial charge in [0.15, 0.2) is 0 Å². The van der Waals surface area contributed by atoms with Crippen LogP contribution in [0.3, 0.4) is 0 Å². The van der Waals surface area contributed by atoms with E-state index in [-0.39, 0.29) is 18.5 Å². The summed E-state index contributed by atoms with van der Waals surface area (Å²) in [7, 11) is 1.73. The predicted molar refractivity (Wildman–Crippen MR) is 83.8 cm³/mol. The zero-order valence-electron chi connectivity index (χ0n) is 12.1. The Labute approximate surface area is 132 Å². The minimum atomic E-state index is -0.863.